The van der Waals surface area contributed by atoms with Crippen molar-refractivity contribution in [3.63, 3.8) is 0 Å². The van der Waals surface area contributed by atoms with Crippen molar-refractivity contribution in [1.29, 1.82) is 0 Å². The predicted octanol–water partition coefficient (Wildman–Crippen LogP) is 4.54. The van der Waals surface area contributed by atoms with E-state index in [9.17, 15) is 0 Å². The molecule has 0 bridgehead atoms. The maximum Gasteiger partial charge on any atom is 0.0491 e. The average Bonchev–Trinajstić information content (AvgIpc) is 2.53. The highest BCUT2D eigenvalue weighted by Gasteiger charge is 2.08. The molecule has 0 radical (unpaired) electrons. The molecular weight excluding hydrogens is 311 g/mol. The summed E-state index contributed by atoms with van der Waals surface area (Å²) in [5.74, 6) is 0. The lowest BCUT2D eigenvalue weighted by Crippen LogP contribution is -1.82. The van der Waals surface area contributed by atoms with E-state index in [0.29, 0.717) is 0 Å². The van der Waals surface area contributed by atoms with Gasteiger partial charge in [-0.25, -0.2) is 0 Å². The lowest BCUT2D eigenvalue weighted by atomic mass is 10.1. The normalized spacial score (nSPS) is 11.0. The SMILES string of the molecule is CSc1c(I)cc(C)c2ccsc12. The van der Waals surface area contributed by atoms with Gasteiger partial charge in [0.2, 0.25) is 0 Å². The molecule has 0 fully saturated rings. The van der Waals surface area contributed by atoms with Crippen molar-refractivity contribution < 1.29 is 0 Å². The number of hydrogen-bond donors (Lipinski definition) is 0. The van der Waals surface area contributed by atoms with E-state index >= 15 is 0 Å². The van der Waals surface area contributed by atoms with Gasteiger partial charge in [-0.1, -0.05) is 0 Å². The highest BCUT2D eigenvalue weighted by molar-refractivity contribution is 14.1. The average molecular weight is 320 g/mol. The molecule has 0 N–H and O–H groups in total. The molecule has 0 spiro atoms. The van der Waals surface area contributed by atoms with Crippen molar-refractivity contribution in [2.24, 2.45) is 0 Å². The smallest absolute Gasteiger partial charge is 0.0491 e. The number of hydrogen-bond acceptors (Lipinski definition) is 2. The molecule has 3 heteroatoms. The minimum absolute atomic E-state index is 1.37. The summed E-state index contributed by atoms with van der Waals surface area (Å²) in [5.41, 5.74) is 1.39. The van der Waals surface area contributed by atoms with Crippen molar-refractivity contribution in [3.05, 3.63) is 26.6 Å². The first kappa shape index (κ1) is 9.80. The first-order chi connectivity index (χ1) is 6.24. The summed E-state index contributed by atoms with van der Waals surface area (Å²) >= 11 is 6.10. The van der Waals surface area contributed by atoms with Crippen LogP contribution in [0, 0.1) is 10.5 Å². The first-order valence-electron chi connectivity index (χ1n) is 3.94. The quantitative estimate of drug-likeness (QED) is 0.549. The topological polar surface area (TPSA) is 0 Å². The van der Waals surface area contributed by atoms with Crippen LogP contribution in [-0.2, 0) is 0 Å². The van der Waals surface area contributed by atoms with Crippen LogP contribution in [0.1, 0.15) is 5.56 Å². The maximum absolute atomic E-state index is 2.42. The van der Waals surface area contributed by atoms with Crippen molar-refractivity contribution in [2.75, 3.05) is 6.26 Å². The Bertz CT molecular complexity index is 445. The summed E-state index contributed by atoms with van der Waals surface area (Å²) in [7, 11) is 0. The molecule has 0 aliphatic carbocycles. The molecule has 2 rings (SSSR count). The summed E-state index contributed by atoms with van der Waals surface area (Å²) in [5, 5.41) is 3.59. The minimum Gasteiger partial charge on any atom is -0.143 e. The third-order valence-electron chi connectivity index (χ3n) is 2.06. The van der Waals surface area contributed by atoms with Crippen LogP contribution in [0.4, 0.5) is 0 Å². The monoisotopic (exact) mass is 320 g/mol. The summed E-state index contributed by atoms with van der Waals surface area (Å²) < 4.78 is 2.81. The standard InChI is InChI=1S/C10H9IS2/c1-6-5-8(11)10(12-2)9-7(6)3-4-13-9/h3-5H,1-2H3. The Labute approximate surface area is 99.9 Å². The van der Waals surface area contributed by atoms with E-state index in [1.54, 1.807) is 0 Å². The third kappa shape index (κ3) is 1.62. The third-order valence-corrected chi connectivity index (χ3v) is 5.17. The fourth-order valence-corrected chi connectivity index (χ4v) is 4.86. The van der Waals surface area contributed by atoms with E-state index in [-0.39, 0.29) is 0 Å². The van der Waals surface area contributed by atoms with Gasteiger partial charge < -0.3 is 0 Å². The largest absolute Gasteiger partial charge is 0.143 e. The van der Waals surface area contributed by atoms with E-state index in [0.717, 1.165) is 0 Å². The van der Waals surface area contributed by atoms with E-state index in [1.165, 1.54) is 24.1 Å². The molecule has 0 aliphatic rings. The fraction of sp³-hybridized carbons (Fsp3) is 0.200. The molecule has 0 atom stereocenters. The molecular formula is C10H9IS2. The van der Waals surface area contributed by atoms with Crippen LogP contribution in [0.25, 0.3) is 10.1 Å². The molecule has 1 aromatic heterocycles. The van der Waals surface area contributed by atoms with Gasteiger partial charge in [0.1, 0.15) is 0 Å². The van der Waals surface area contributed by atoms with Crippen LogP contribution >= 0.6 is 45.7 Å². The number of rotatable bonds is 1. The molecule has 13 heavy (non-hydrogen) atoms. The maximum atomic E-state index is 2.42. The number of fused-ring (bicyclic) bond motifs is 1. The van der Waals surface area contributed by atoms with Gasteiger partial charge in [-0.15, -0.1) is 23.1 Å². The minimum atomic E-state index is 1.37. The molecule has 2 aromatic rings. The second-order valence-corrected chi connectivity index (χ2v) is 5.77. The lowest BCUT2D eigenvalue weighted by molar-refractivity contribution is 1.43. The number of benzene rings is 1. The van der Waals surface area contributed by atoms with Gasteiger partial charge >= 0.3 is 0 Å². The predicted molar refractivity (Wildman–Crippen MR) is 71.1 cm³/mol. The Morgan fingerprint density at radius 3 is 2.92 bits per heavy atom. The Hall–Kier alpha value is 0.260. The van der Waals surface area contributed by atoms with Crippen LogP contribution in [0.2, 0.25) is 0 Å². The zero-order valence-corrected chi connectivity index (χ0v) is 11.2. The number of aryl methyl sites for hydroxylation is 1. The van der Waals surface area contributed by atoms with E-state index < -0.39 is 0 Å². The molecule has 1 aromatic carbocycles. The van der Waals surface area contributed by atoms with Crippen LogP contribution in [-0.4, -0.2) is 6.26 Å². The second-order valence-electron chi connectivity index (χ2n) is 2.87. The van der Waals surface area contributed by atoms with Crippen molar-refractivity contribution in [2.45, 2.75) is 11.8 Å². The lowest BCUT2D eigenvalue weighted by Gasteiger charge is -2.04. The van der Waals surface area contributed by atoms with Crippen molar-refractivity contribution in [1.82, 2.24) is 0 Å². The zero-order valence-electron chi connectivity index (χ0n) is 7.43. The van der Waals surface area contributed by atoms with Crippen molar-refractivity contribution in [3.8, 4) is 0 Å². The molecule has 0 unspecified atom stereocenters. The van der Waals surface area contributed by atoms with Gasteiger partial charge in [0.15, 0.2) is 0 Å². The molecule has 0 nitrogen and oxygen atoms in total. The molecule has 0 amide bonds. The van der Waals surface area contributed by atoms with E-state index in [2.05, 4.69) is 53.3 Å². The summed E-state index contributed by atoms with van der Waals surface area (Å²) in [4.78, 5) is 1.43. The fourth-order valence-electron chi connectivity index (χ4n) is 1.43. The molecule has 0 saturated carbocycles. The highest BCUT2D eigenvalue weighted by Crippen LogP contribution is 2.36. The Balaban J connectivity index is 2.88. The van der Waals surface area contributed by atoms with Crippen LogP contribution < -0.4 is 0 Å². The van der Waals surface area contributed by atoms with E-state index in [1.807, 2.05) is 23.1 Å². The summed E-state index contributed by atoms with van der Waals surface area (Å²) in [6, 6.07) is 4.48. The van der Waals surface area contributed by atoms with Crippen molar-refractivity contribution >= 4 is 55.8 Å². The van der Waals surface area contributed by atoms with Crippen LogP contribution in [0.15, 0.2) is 22.4 Å². The number of thiophene rings is 1. The van der Waals surface area contributed by atoms with Crippen LogP contribution in [0.3, 0.4) is 0 Å². The second kappa shape index (κ2) is 3.79. The number of halogens is 1. The summed E-state index contributed by atoms with van der Waals surface area (Å²) in [6.07, 6.45) is 2.14. The summed E-state index contributed by atoms with van der Waals surface area (Å²) in [6.45, 7) is 2.18. The van der Waals surface area contributed by atoms with Crippen LogP contribution in [0.5, 0.6) is 0 Å². The van der Waals surface area contributed by atoms with E-state index in [4.69, 9.17) is 0 Å². The Kier molecular flexibility index (Phi) is 2.86. The molecule has 0 aliphatic heterocycles. The van der Waals surface area contributed by atoms with Gasteiger partial charge in [-0.2, -0.15) is 0 Å². The van der Waals surface area contributed by atoms with Gasteiger partial charge in [-0.3, -0.25) is 0 Å². The highest BCUT2D eigenvalue weighted by atomic mass is 127. The molecule has 0 saturated heterocycles. The van der Waals surface area contributed by atoms with Gasteiger partial charge in [0.25, 0.3) is 0 Å². The molecule has 68 valence electrons. The molecule has 1 heterocycles. The Morgan fingerprint density at radius 2 is 2.23 bits per heavy atom. The van der Waals surface area contributed by atoms with Gasteiger partial charge in [-0.05, 0) is 64.2 Å². The number of thioether (sulfide) groups is 1. The first-order valence-corrected chi connectivity index (χ1v) is 7.12. The van der Waals surface area contributed by atoms with Gasteiger partial charge in [0, 0.05) is 13.2 Å². The zero-order chi connectivity index (χ0) is 9.42. The van der Waals surface area contributed by atoms with Gasteiger partial charge in [0.05, 0.1) is 0 Å². The Morgan fingerprint density at radius 1 is 1.46 bits per heavy atom.